The second-order valence-electron chi connectivity index (χ2n) is 4.72. The van der Waals surface area contributed by atoms with E-state index >= 15 is 0 Å². The van der Waals surface area contributed by atoms with E-state index in [0.29, 0.717) is 12.4 Å². The molecule has 1 aliphatic rings. The van der Waals surface area contributed by atoms with Crippen LogP contribution in [0.5, 0.6) is 0 Å². The summed E-state index contributed by atoms with van der Waals surface area (Å²) in [5.41, 5.74) is -0.633. The molecule has 1 aromatic heterocycles. The molecule has 0 saturated heterocycles. The molecule has 1 fully saturated rings. The molecular weight excluding hydrogens is 220 g/mol. The normalized spacial score (nSPS) is 18.2. The summed E-state index contributed by atoms with van der Waals surface area (Å²) in [5, 5.41) is 20.4. The molecular formula is C11H18N4O2. The summed E-state index contributed by atoms with van der Waals surface area (Å²) >= 11 is 0. The second kappa shape index (κ2) is 4.35. The van der Waals surface area contributed by atoms with E-state index in [1.54, 1.807) is 7.05 Å². The Morgan fingerprint density at radius 1 is 1.47 bits per heavy atom. The van der Waals surface area contributed by atoms with E-state index in [1.807, 2.05) is 11.6 Å². The van der Waals surface area contributed by atoms with Crippen LogP contribution in [-0.2, 0) is 18.3 Å². The molecule has 0 aromatic carbocycles. The first-order valence-corrected chi connectivity index (χ1v) is 5.88. The molecule has 2 rings (SSSR count). The van der Waals surface area contributed by atoms with E-state index in [-0.39, 0.29) is 0 Å². The third kappa shape index (κ3) is 1.99. The zero-order valence-corrected chi connectivity index (χ0v) is 10.2. The topological polar surface area (TPSA) is 80.0 Å². The third-order valence-electron chi connectivity index (χ3n) is 3.70. The summed E-state index contributed by atoms with van der Waals surface area (Å²) in [4.78, 5) is 11.4. The largest absolute Gasteiger partial charge is 0.481 e. The molecule has 0 amide bonds. The number of aliphatic carboxylic acids is 1. The number of anilines is 1. The van der Waals surface area contributed by atoms with Crippen molar-refractivity contribution in [1.29, 1.82) is 0 Å². The Kier molecular flexibility index (Phi) is 3.04. The summed E-state index contributed by atoms with van der Waals surface area (Å²) in [7, 11) is 3.63. The minimum absolute atomic E-state index is 0.466. The van der Waals surface area contributed by atoms with Crippen molar-refractivity contribution in [3.63, 3.8) is 0 Å². The minimum Gasteiger partial charge on any atom is -0.481 e. The van der Waals surface area contributed by atoms with Crippen molar-refractivity contribution < 1.29 is 9.90 Å². The Balaban J connectivity index is 2.23. The van der Waals surface area contributed by atoms with Crippen LogP contribution in [0.1, 0.15) is 31.5 Å². The van der Waals surface area contributed by atoms with Gasteiger partial charge >= 0.3 is 5.97 Å². The highest BCUT2D eigenvalue weighted by Crippen LogP contribution is 2.41. The fourth-order valence-electron chi connectivity index (χ4n) is 2.55. The van der Waals surface area contributed by atoms with Crippen LogP contribution in [0, 0.1) is 5.41 Å². The van der Waals surface area contributed by atoms with Gasteiger partial charge < -0.3 is 15.0 Å². The summed E-state index contributed by atoms with van der Waals surface area (Å²) in [6, 6.07) is 0. The molecule has 1 saturated carbocycles. The van der Waals surface area contributed by atoms with Gasteiger partial charge in [0.05, 0.1) is 5.41 Å². The van der Waals surface area contributed by atoms with E-state index < -0.39 is 11.4 Å². The average Bonchev–Trinajstić information content (AvgIpc) is 2.89. The maximum absolute atomic E-state index is 11.4. The van der Waals surface area contributed by atoms with Gasteiger partial charge in [-0.3, -0.25) is 4.79 Å². The molecule has 1 aromatic rings. The van der Waals surface area contributed by atoms with Crippen molar-refractivity contribution in [1.82, 2.24) is 14.8 Å². The lowest BCUT2D eigenvalue weighted by molar-refractivity contribution is -0.148. The number of hydrogen-bond donors (Lipinski definition) is 2. The lowest BCUT2D eigenvalue weighted by Gasteiger charge is -2.22. The molecule has 94 valence electrons. The van der Waals surface area contributed by atoms with Crippen LogP contribution in [0.2, 0.25) is 0 Å². The number of carbonyl (C=O) groups is 1. The van der Waals surface area contributed by atoms with Crippen LogP contribution >= 0.6 is 0 Å². The molecule has 0 spiro atoms. The Morgan fingerprint density at radius 2 is 2.12 bits per heavy atom. The Bertz CT molecular complexity index is 421. The van der Waals surface area contributed by atoms with E-state index in [4.69, 9.17) is 0 Å². The predicted molar refractivity (Wildman–Crippen MR) is 62.8 cm³/mol. The van der Waals surface area contributed by atoms with Crippen LogP contribution in [0.3, 0.4) is 0 Å². The standard InChI is InChI=1S/C11H18N4O2/c1-12-10-14-13-8(15(10)2)7-11(9(16)17)5-3-4-6-11/h3-7H2,1-2H3,(H,12,14)(H,16,17). The molecule has 6 nitrogen and oxygen atoms in total. The van der Waals surface area contributed by atoms with E-state index in [2.05, 4.69) is 15.5 Å². The molecule has 1 aliphatic carbocycles. The number of aromatic nitrogens is 3. The van der Waals surface area contributed by atoms with Gasteiger partial charge in [-0.15, -0.1) is 10.2 Å². The fourth-order valence-corrected chi connectivity index (χ4v) is 2.55. The molecule has 0 atom stereocenters. The quantitative estimate of drug-likeness (QED) is 0.819. The van der Waals surface area contributed by atoms with Gasteiger partial charge in [0, 0.05) is 20.5 Å². The van der Waals surface area contributed by atoms with Crippen molar-refractivity contribution in [3.05, 3.63) is 5.82 Å². The number of nitrogens with zero attached hydrogens (tertiary/aromatic N) is 3. The van der Waals surface area contributed by atoms with E-state index in [0.717, 1.165) is 31.5 Å². The Morgan fingerprint density at radius 3 is 2.59 bits per heavy atom. The van der Waals surface area contributed by atoms with E-state index in [1.165, 1.54) is 0 Å². The fraction of sp³-hybridized carbons (Fsp3) is 0.727. The number of carboxylic acids is 1. The molecule has 0 unspecified atom stereocenters. The maximum Gasteiger partial charge on any atom is 0.310 e. The lowest BCUT2D eigenvalue weighted by Crippen LogP contribution is -2.31. The molecule has 2 N–H and O–H groups in total. The van der Waals surface area contributed by atoms with Gasteiger partial charge in [0.15, 0.2) is 0 Å². The zero-order valence-electron chi connectivity index (χ0n) is 10.2. The van der Waals surface area contributed by atoms with Gasteiger partial charge in [-0.25, -0.2) is 0 Å². The van der Waals surface area contributed by atoms with Crippen molar-refractivity contribution in [2.45, 2.75) is 32.1 Å². The van der Waals surface area contributed by atoms with Crippen molar-refractivity contribution >= 4 is 11.9 Å². The van der Waals surface area contributed by atoms with Gasteiger partial charge in [0.1, 0.15) is 5.82 Å². The number of rotatable bonds is 4. The van der Waals surface area contributed by atoms with Gasteiger partial charge in [0.2, 0.25) is 5.95 Å². The zero-order chi connectivity index (χ0) is 12.5. The van der Waals surface area contributed by atoms with Gasteiger partial charge in [-0.2, -0.15) is 0 Å². The maximum atomic E-state index is 11.4. The lowest BCUT2D eigenvalue weighted by atomic mass is 9.82. The summed E-state index contributed by atoms with van der Waals surface area (Å²) < 4.78 is 1.82. The first kappa shape index (κ1) is 11.9. The predicted octanol–water partition coefficient (Wildman–Crippen LogP) is 1.04. The SMILES string of the molecule is CNc1nnc(CC2(C(=O)O)CCCC2)n1C. The van der Waals surface area contributed by atoms with Gasteiger partial charge in [-0.1, -0.05) is 12.8 Å². The average molecular weight is 238 g/mol. The summed E-state index contributed by atoms with van der Waals surface area (Å²) in [6.07, 6.45) is 3.92. The third-order valence-corrected chi connectivity index (χ3v) is 3.70. The first-order chi connectivity index (χ1) is 8.09. The molecule has 0 radical (unpaired) electrons. The molecule has 1 heterocycles. The second-order valence-corrected chi connectivity index (χ2v) is 4.72. The van der Waals surface area contributed by atoms with Crippen LogP contribution in [-0.4, -0.2) is 32.9 Å². The monoisotopic (exact) mass is 238 g/mol. The van der Waals surface area contributed by atoms with Crippen molar-refractivity contribution in [2.75, 3.05) is 12.4 Å². The summed E-state index contributed by atoms with van der Waals surface area (Å²) in [5.74, 6) is 0.696. The molecule has 6 heteroatoms. The number of carboxylic acid groups (broad SMARTS) is 1. The minimum atomic E-state index is -0.705. The number of hydrogen-bond acceptors (Lipinski definition) is 4. The van der Waals surface area contributed by atoms with E-state index in [9.17, 15) is 9.90 Å². The van der Waals surface area contributed by atoms with Crippen molar-refractivity contribution in [2.24, 2.45) is 12.5 Å². The highest BCUT2D eigenvalue weighted by molar-refractivity contribution is 5.75. The highest BCUT2D eigenvalue weighted by Gasteiger charge is 2.42. The van der Waals surface area contributed by atoms with Crippen molar-refractivity contribution in [3.8, 4) is 0 Å². The Hall–Kier alpha value is -1.59. The molecule has 17 heavy (non-hydrogen) atoms. The molecule has 0 bridgehead atoms. The van der Waals surface area contributed by atoms with Gasteiger partial charge in [-0.05, 0) is 12.8 Å². The smallest absolute Gasteiger partial charge is 0.310 e. The molecule has 0 aliphatic heterocycles. The van der Waals surface area contributed by atoms with Crippen LogP contribution in [0.4, 0.5) is 5.95 Å². The number of nitrogens with one attached hydrogen (secondary N) is 1. The van der Waals surface area contributed by atoms with Crippen LogP contribution < -0.4 is 5.32 Å². The van der Waals surface area contributed by atoms with Crippen LogP contribution in [0.25, 0.3) is 0 Å². The highest BCUT2D eigenvalue weighted by atomic mass is 16.4. The first-order valence-electron chi connectivity index (χ1n) is 5.88. The van der Waals surface area contributed by atoms with Gasteiger partial charge in [0.25, 0.3) is 0 Å². The van der Waals surface area contributed by atoms with Crippen LogP contribution in [0.15, 0.2) is 0 Å². The summed E-state index contributed by atoms with van der Waals surface area (Å²) in [6.45, 7) is 0. The Labute approximate surface area is 100 Å².